The van der Waals surface area contributed by atoms with Crippen molar-refractivity contribution in [2.45, 2.75) is 63.8 Å². The third-order valence-corrected chi connectivity index (χ3v) is 10.2. The van der Waals surface area contributed by atoms with Crippen molar-refractivity contribution in [3.8, 4) is 0 Å². The Kier molecular flexibility index (Phi) is 5.75. The standard InChI is InChI=1S/C23H34N2O4S/c1-22(2)18-10-11-23(22,3)20(16-18)24-21(26)9-6-17-4-7-19(8-5-17)30(27,28)25-12-14-29-15-13-25/h4-5,7-8,18,20H,6,9-16H2,1-3H3,(H,24,26). The maximum atomic E-state index is 12.7. The number of carbonyl (C=O) groups is 1. The second-order valence-electron chi connectivity index (χ2n) is 9.89. The van der Waals surface area contributed by atoms with Gasteiger partial charge in [-0.15, -0.1) is 0 Å². The van der Waals surface area contributed by atoms with E-state index in [4.69, 9.17) is 4.74 Å². The van der Waals surface area contributed by atoms with Crippen molar-refractivity contribution in [3.63, 3.8) is 0 Å². The number of ether oxygens (including phenoxy) is 1. The van der Waals surface area contributed by atoms with Crippen molar-refractivity contribution < 1.29 is 17.9 Å². The molecule has 1 heterocycles. The van der Waals surface area contributed by atoms with E-state index >= 15 is 0 Å². The first-order valence-electron chi connectivity index (χ1n) is 11.1. The lowest BCUT2D eigenvalue weighted by molar-refractivity contribution is -0.122. The molecule has 30 heavy (non-hydrogen) atoms. The van der Waals surface area contributed by atoms with E-state index in [2.05, 4.69) is 26.1 Å². The van der Waals surface area contributed by atoms with Gasteiger partial charge < -0.3 is 10.1 Å². The highest BCUT2D eigenvalue weighted by molar-refractivity contribution is 7.89. The van der Waals surface area contributed by atoms with Crippen molar-refractivity contribution in [1.29, 1.82) is 0 Å². The molecule has 1 amide bonds. The SMILES string of the molecule is CC1(C)C2CCC1(C)C(NC(=O)CCc1ccc(S(=O)(=O)N3CCOCC3)cc1)C2. The average molecular weight is 435 g/mol. The van der Waals surface area contributed by atoms with E-state index < -0.39 is 10.0 Å². The van der Waals surface area contributed by atoms with Gasteiger partial charge in [-0.25, -0.2) is 8.42 Å². The minimum Gasteiger partial charge on any atom is -0.379 e. The van der Waals surface area contributed by atoms with Gasteiger partial charge in [-0.3, -0.25) is 4.79 Å². The second-order valence-corrected chi connectivity index (χ2v) is 11.8. The molecular formula is C23H34N2O4S. The lowest BCUT2D eigenvalue weighted by atomic mass is 9.69. The number of hydrogen-bond donors (Lipinski definition) is 1. The van der Waals surface area contributed by atoms with E-state index in [0.29, 0.717) is 50.0 Å². The molecule has 3 aliphatic rings. The molecule has 1 aromatic carbocycles. The Morgan fingerprint density at radius 1 is 1.17 bits per heavy atom. The predicted octanol–water partition coefficient (Wildman–Crippen LogP) is 2.97. The van der Waals surface area contributed by atoms with Crippen LogP contribution in [0.15, 0.2) is 29.2 Å². The minimum atomic E-state index is -3.47. The van der Waals surface area contributed by atoms with Gasteiger partial charge in [0.15, 0.2) is 0 Å². The number of aryl methyl sites for hydroxylation is 1. The van der Waals surface area contributed by atoms with Gasteiger partial charge >= 0.3 is 0 Å². The molecule has 2 saturated carbocycles. The molecule has 1 N–H and O–H groups in total. The molecule has 0 radical (unpaired) electrons. The number of benzene rings is 1. The minimum absolute atomic E-state index is 0.0922. The lowest BCUT2D eigenvalue weighted by Gasteiger charge is -2.39. The van der Waals surface area contributed by atoms with Crippen LogP contribution in [0.25, 0.3) is 0 Å². The van der Waals surface area contributed by atoms with Gasteiger partial charge in [0.1, 0.15) is 0 Å². The van der Waals surface area contributed by atoms with Gasteiger partial charge in [0, 0.05) is 25.6 Å². The average Bonchev–Trinajstić information content (AvgIpc) is 3.07. The molecule has 0 spiro atoms. The Morgan fingerprint density at radius 2 is 1.83 bits per heavy atom. The molecule has 1 saturated heterocycles. The van der Waals surface area contributed by atoms with E-state index in [1.165, 1.54) is 17.1 Å². The number of sulfonamides is 1. The van der Waals surface area contributed by atoms with Crippen molar-refractivity contribution in [2.24, 2.45) is 16.7 Å². The van der Waals surface area contributed by atoms with Crippen molar-refractivity contribution in [3.05, 3.63) is 29.8 Å². The molecule has 6 nitrogen and oxygen atoms in total. The predicted molar refractivity (Wildman–Crippen MR) is 116 cm³/mol. The molecule has 3 unspecified atom stereocenters. The fraction of sp³-hybridized carbons (Fsp3) is 0.696. The zero-order valence-corrected chi connectivity index (χ0v) is 19.1. The fourth-order valence-electron chi connectivity index (χ4n) is 5.71. The quantitative estimate of drug-likeness (QED) is 0.747. The van der Waals surface area contributed by atoms with Crippen LogP contribution in [0.5, 0.6) is 0 Å². The highest BCUT2D eigenvalue weighted by Crippen LogP contribution is 2.65. The number of hydrogen-bond acceptors (Lipinski definition) is 4. The van der Waals surface area contributed by atoms with Crippen LogP contribution in [0.3, 0.4) is 0 Å². The molecule has 7 heteroatoms. The zero-order valence-electron chi connectivity index (χ0n) is 18.3. The molecule has 2 aliphatic carbocycles. The van der Waals surface area contributed by atoms with Crippen LogP contribution in [-0.4, -0.2) is 51.0 Å². The lowest BCUT2D eigenvalue weighted by Crippen LogP contribution is -2.46. The summed E-state index contributed by atoms with van der Waals surface area (Å²) in [6.07, 6.45) is 4.58. The first-order chi connectivity index (χ1) is 14.1. The largest absolute Gasteiger partial charge is 0.379 e. The van der Waals surface area contributed by atoms with E-state index in [1.807, 2.05) is 12.1 Å². The highest BCUT2D eigenvalue weighted by Gasteiger charge is 2.61. The van der Waals surface area contributed by atoms with Crippen LogP contribution < -0.4 is 5.32 Å². The Hall–Kier alpha value is -1.44. The van der Waals surface area contributed by atoms with Crippen LogP contribution in [0.4, 0.5) is 0 Å². The number of rotatable bonds is 6. The normalized spacial score (nSPS) is 31.0. The van der Waals surface area contributed by atoms with Gasteiger partial charge in [0.05, 0.1) is 18.1 Å². The van der Waals surface area contributed by atoms with Gasteiger partial charge in [-0.2, -0.15) is 4.31 Å². The third-order valence-electron chi connectivity index (χ3n) is 8.30. The van der Waals surface area contributed by atoms with Gasteiger partial charge in [-0.1, -0.05) is 32.9 Å². The summed E-state index contributed by atoms with van der Waals surface area (Å²) in [5.74, 6) is 0.795. The summed E-state index contributed by atoms with van der Waals surface area (Å²) in [4.78, 5) is 12.9. The Balaban J connectivity index is 1.32. The summed E-state index contributed by atoms with van der Waals surface area (Å²) >= 11 is 0. The number of nitrogens with one attached hydrogen (secondary N) is 1. The van der Waals surface area contributed by atoms with Crippen LogP contribution >= 0.6 is 0 Å². The van der Waals surface area contributed by atoms with E-state index in [-0.39, 0.29) is 22.8 Å². The summed E-state index contributed by atoms with van der Waals surface area (Å²) in [5.41, 5.74) is 1.45. The maximum absolute atomic E-state index is 12.7. The second kappa shape index (κ2) is 7.92. The fourth-order valence-corrected chi connectivity index (χ4v) is 7.12. The number of amides is 1. The molecular weight excluding hydrogens is 400 g/mol. The molecule has 3 atom stereocenters. The van der Waals surface area contributed by atoms with Crippen LogP contribution in [-0.2, 0) is 26.0 Å². The summed E-state index contributed by atoms with van der Waals surface area (Å²) < 4.78 is 32.1. The summed E-state index contributed by atoms with van der Waals surface area (Å²) in [6, 6.07) is 7.21. The van der Waals surface area contributed by atoms with E-state index in [0.717, 1.165) is 12.0 Å². The van der Waals surface area contributed by atoms with Crippen molar-refractivity contribution in [1.82, 2.24) is 9.62 Å². The summed E-state index contributed by atoms with van der Waals surface area (Å²) in [7, 11) is -3.47. The number of fused-ring (bicyclic) bond motifs is 2. The Bertz CT molecular complexity index is 890. The number of nitrogens with zero attached hydrogens (tertiary/aromatic N) is 1. The molecule has 2 bridgehead atoms. The van der Waals surface area contributed by atoms with Crippen LogP contribution in [0.1, 0.15) is 52.0 Å². The molecule has 3 fully saturated rings. The van der Waals surface area contributed by atoms with Gasteiger partial charge in [-0.05, 0) is 60.1 Å². The van der Waals surface area contributed by atoms with E-state index in [1.54, 1.807) is 12.1 Å². The van der Waals surface area contributed by atoms with Crippen molar-refractivity contribution in [2.75, 3.05) is 26.3 Å². The van der Waals surface area contributed by atoms with Crippen molar-refractivity contribution >= 4 is 15.9 Å². The maximum Gasteiger partial charge on any atom is 0.243 e. The topological polar surface area (TPSA) is 75.7 Å². The summed E-state index contributed by atoms with van der Waals surface area (Å²) in [5, 5.41) is 3.30. The molecule has 1 aliphatic heterocycles. The van der Waals surface area contributed by atoms with Gasteiger partial charge in [0.25, 0.3) is 0 Å². The molecule has 1 aromatic rings. The molecule has 166 valence electrons. The zero-order chi connectivity index (χ0) is 21.6. The molecule has 0 aromatic heterocycles. The van der Waals surface area contributed by atoms with Crippen LogP contribution in [0, 0.1) is 16.7 Å². The van der Waals surface area contributed by atoms with E-state index in [9.17, 15) is 13.2 Å². The number of morpholine rings is 1. The first-order valence-corrected chi connectivity index (χ1v) is 12.5. The van der Waals surface area contributed by atoms with Gasteiger partial charge in [0.2, 0.25) is 15.9 Å². The third kappa shape index (κ3) is 3.69. The first kappa shape index (κ1) is 21.8. The van der Waals surface area contributed by atoms with Crippen LogP contribution in [0.2, 0.25) is 0 Å². The Morgan fingerprint density at radius 3 is 2.40 bits per heavy atom. The Labute approximate surface area is 180 Å². The number of carbonyl (C=O) groups excluding carboxylic acids is 1. The smallest absolute Gasteiger partial charge is 0.243 e. The molecule has 4 rings (SSSR count). The monoisotopic (exact) mass is 434 g/mol. The summed E-state index contributed by atoms with van der Waals surface area (Å²) in [6.45, 7) is 8.68. The highest BCUT2D eigenvalue weighted by atomic mass is 32.2.